The van der Waals surface area contributed by atoms with Crippen molar-refractivity contribution in [2.75, 3.05) is 0 Å². The maximum atomic E-state index is 11.5. The summed E-state index contributed by atoms with van der Waals surface area (Å²) in [6.45, 7) is 0. The number of carbonyl (C=O) groups is 2. The molecule has 0 spiro atoms. The maximum Gasteiger partial charge on any atom is 0.336 e. The number of primary amides is 1. The molecular formula is C14H11NO4. The minimum absolute atomic E-state index is 0.332. The summed E-state index contributed by atoms with van der Waals surface area (Å²) in [5, 5.41) is 0. The SMILES string of the molecule is NC(=O)c1ccc(OC(=O)/C=C/c2ccco2)cc1. The van der Waals surface area contributed by atoms with Crippen LogP contribution in [0.1, 0.15) is 16.1 Å². The Kier molecular flexibility index (Phi) is 3.78. The van der Waals surface area contributed by atoms with Gasteiger partial charge in [-0.2, -0.15) is 0 Å². The molecule has 19 heavy (non-hydrogen) atoms. The highest BCUT2D eigenvalue weighted by Crippen LogP contribution is 2.12. The van der Waals surface area contributed by atoms with Crippen molar-refractivity contribution in [3.05, 3.63) is 60.1 Å². The molecule has 5 nitrogen and oxygen atoms in total. The van der Waals surface area contributed by atoms with Crippen molar-refractivity contribution in [1.29, 1.82) is 0 Å². The van der Waals surface area contributed by atoms with Gasteiger partial charge < -0.3 is 14.9 Å². The predicted octanol–water partition coefficient (Wildman–Crippen LogP) is 2.00. The molecule has 0 atom stereocenters. The van der Waals surface area contributed by atoms with Crippen LogP contribution in [0.25, 0.3) is 6.08 Å². The Labute approximate surface area is 109 Å². The zero-order valence-electron chi connectivity index (χ0n) is 9.91. The highest BCUT2D eigenvalue weighted by molar-refractivity contribution is 5.93. The van der Waals surface area contributed by atoms with E-state index in [2.05, 4.69) is 0 Å². The molecule has 1 aromatic heterocycles. The molecule has 0 unspecified atom stereocenters. The Bertz CT molecular complexity index is 597. The molecule has 96 valence electrons. The van der Waals surface area contributed by atoms with E-state index in [1.807, 2.05) is 0 Å². The molecule has 2 N–H and O–H groups in total. The van der Waals surface area contributed by atoms with Gasteiger partial charge >= 0.3 is 5.97 Å². The summed E-state index contributed by atoms with van der Waals surface area (Å²) in [5.74, 6) is -0.182. The molecule has 0 radical (unpaired) electrons. The lowest BCUT2D eigenvalue weighted by Gasteiger charge is -2.01. The van der Waals surface area contributed by atoms with Crippen LogP contribution in [-0.2, 0) is 4.79 Å². The van der Waals surface area contributed by atoms with Gasteiger partial charge in [-0.3, -0.25) is 4.79 Å². The van der Waals surface area contributed by atoms with Crippen LogP contribution >= 0.6 is 0 Å². The van der Waals surface area contributed by atoms with Crippen LogP contribution in [0.2, 0.25) is 0 Å². The molecule has 0 bridgehead atoms. The largest absolute Gasteiger partial charge is 0.465 e. The molecule has 0 saturated heterocycles. The first-order valence-corrected chi connectivity index (χ1v) is 5.48. The molecule has 0 aliphatic rings. The van der Waals surface area contributed by atoms with Gasteiger partial charge in [0.2, 0.25) is 5.91 Å². The van der Waals surface area contributed by atoms with Gasteiger partial charge in [-0.05, 0) is 42.5 Å². The number of benzene rings is 1. The van der Waals surface area contributed by atoms with Crippen LogP contribution < -0.4 is 10.5 Å². The van der Waals surface area contributed by atoms with E-state index in [1.165, 1.54) is 42.7 Å². The van der Waals surface area contributed by atoms with Crippen molar-refractivity contribution in [2.24, 2.45) is 5.73 Å². The van der Waals surface area contributed by atoms with Crippen LogP contribution in [0, 0.1) is 0 Å². The number of furan rings is 1. The number of ether oxygens (including phenoxy) is 1. The minimum atomic E-state index is -0.539. The summed E-state index contributed by atoms with van der Waals surface area (Å²) in [5.41, 5.74) is 5.45. The van der Waals surface area contributed by atoms with Crippen molar-refractivity contribution in [1.82, 2.24) is 0 Å². The third kappa shape index (κ3) is 3.57. The lowest BCUT2D eigenvalue weighted by Crippen LogP contribution is -2.10. The fraction of sp³-hybridized carbons (Fsp3) is 0. The predicted molar refractivity (Wildman–Crippen MR) is 68.3 cm³/mol. The first kappa shape index (κ1) is 12.6. The van der Waals surface area contributed by atoms with Crippen molar-refractivity contribution >= 4 is 18.0 Å². The number of nitrogens with two attached hydrogens (primary N) is 1. The van der Waals surface area contributed by atoms with E-state index in [9.17, 15) is 9.59 Å². The molecule has 2 aromatic rings. The number of carbonyl (C=O) groups excluding carboxylic acids is 2. The standard InChI is InChI=1S/C14H11NO4/c15-14(17)10-3-5-12(6-4-10)19-13(16)8-7-11-2-1-9-18-11/h1-9H,(H2,15,17)/b8-7+. The third-order valence-corrected chi connectivity index (χ3v) is 2.28. The van der Waals surface area contributed by atoms with E-state index in [0.717, 1.165) is 0 Å². The Morgan fingerprint density at radius 2 is 1.89 bits per heavy atom. The number of esters is 1. The smallest absolute Gasteiger partial charge is 0.336 e. The second-order valence-electron chi connectivity index (χ2n) is 3.66. The quantitative estimate of drug-likeness (QED) is 0.516. The maximum absolute atomic E-state index is 11.5. The van der Waals surface area contributed by atoms with Gasteiger partial charge in [0.25, 0.3) is 0 Å². The average Bonchev–Trinajstić information content (AvgIpc) is 2.90. The summed E-state index contributed by atoms with van der Waals surface area (Å²) >= 11 is 0. The van der Waals surface area contributed by atoms with Gasteiger partial charge in [0.15, 0.2) is 0 Å². The van der Waals surface area contributed by atoms with E-state index in [-0.39, 0.29) is 0 Å². The Hall–Kier alpha value is -2.82. The topological polar surface area (TPSA) is 82.5 Å². The van der Waals surface area contributed by atoms with Crippen molar-refractivity contribution < 1.29 is 18.7 Å². The first-order valence-electron chi connectivity index (χ1n) is 5.48. The van der Waals surface area contributed by atoms with Gasteiger partial charge in [0.05, 0.1) is 6.26 Å². The third-order valence-electron chi connectivity index (χ3n) is 2.28. The highest BCUT2D eigenvalue weighted by atomic mass is 16.5. The van der Waals surface area contributed by atoms with E-state index >= 15 is 0 Å². The van der Waals surface area contributed by atoms with E-state index in [1.54, 1.807) is 12.1 Å². The van der Waals surface area contributed by atoms with Gasteiger partial charge in [-0.15, -0.1) is 0 Å². The number of rotatable bonds is 4. The zero-order chi connectivity index (χ0) is 13.7. The van der Waals surface area contributed by atoms with Gasteiger partial charge in [-0.1, -0.05) is 0 Å². The Morgan fingerprint density at radius 3 is 2.47 bits per heavy atom. The molecular weight excluding hydrogens is 246 g/mol. The fourth-order valence-electron chi connectivity index (χ4n) is 1.37. The second kappa shape index (κ2) is 5.68. The minimum Gasteiger partial charge on any atom is -0.465 e. The van der Waals surface area contributed by atoms with E-state index in [4.69, 9.17) is 14.9 Å². The average molecular weight is 257 g/mol. The molecule has 1 heterocycles. The van der Waals surface area contributed by atoms with Crippen molar-refractivity contribution in [3.63, 3.8) is 0 Å². The monoisotopic (exact) mass is 257 g/mol. The summed E-state index contributed by atoms with van der Waals surface area (Å²) in [6, 6.07) is 9.40. The normalized spacial score (nSPS) is 10.5. The number of amides is 1. The summed E-state index contributed by atoms with van der Waals surface area (Å²) in [6.07, 6.45) is 4.26. The van der Waals surface area contributed by atoms with Crippen LogP contribution in [0.4, 0.5) is 0 Å². The van der Waals surface area contributed by atoms with Crippen LogP contribution in [0.15, 0.2) is 53.2 Å². The lowest BCUT2D eigenvalue weighted by molar-refractivity contribution is -0.128. The molecule has 0 fully saturated rings. The molecule has 0 saturated carbocycles. The van der Waals surface area contributed by atoms with Crippen LogP contribution in [-0.4, -0.2) is 11.9 Å². The molecule has 1 aromatic carbocycles. The summed E-state index contributed by atoms with van der Waals surface area (Å²) in [4.78, 5) is 22.3. The second-order valence-corrected chi connectivity index (χ2v) is 3.66. The fourth-order valence-corrected chi connectivity index (χ4v) is 1.37. The molecule has 0 aliphatic heterocycles. The van der Waals surface area contributed by atoms with E-state index < -0.39 is 11.9 Å². The van der Waals surface area contributed by atoms with Crippen LogP contribution in [0.3, 0.4) is 0 Å². The zero-order valence-corrected chi connectivity index (χ0v) is 9.91. The first-order chi connectivity index (χ1) is 9.15. The van der Waals surface area contributed by atoms with Crippen molar-refractivity contribution in [2.45, 2.75) is 0 Å². The Morgan fingerprint density at radius 1 is 1.16 bits per heavy atom. The highest BCUT2D eigenvalue weighted by Gasteiger charge is 2.03. The van der Waals surface area contributed by atoms with Gasteiger partial charge in [0.1, 0.15) is 11.5 Å². The van der Waals surface area contributed by atoms with Gasteiger partial charge in [0, 0.05) is 11.6 Å². The molecule has 1 amide bonds. The van der Waals surface area contributed by atoms with E-state index in [0.29, 0.717) is 17.1 Å². The summed E-state index contributed by atoms with van der Waals surface area (Å²) < 4.78 is 10.1. The molecule has 5 heteroatoms. The number of hydrogen-bond donors (Lipinski definition) is 1. The Balaban J connectivity index is 1.97. The van der Waals surface area contributed by atoms with Gasteiger partial charge in [-0.25, -0.2) is 4.79 Å². The lowest BCUT2D eigenvalue weighted by atomic mass is 10.2. The van der Waals surface area contributed by atoms with Crippen LogP contribution in [0.5, 0.6) is 5.75 Å². The summed E-state index contributed by atoms with van der Waals surface area (Å²) in [7, 11) is 0. The number of hydrogen-bond acceptors (Lipinski definition) is 4. The van der Waals surface area contributed by atoms with Crippen molar-refractivity contribution in [3.8, 4) is 5.75 Å². The molecule has 2 rings (SSSR count). The molecule has 0 aliphatic carbocycles.